The minimum absolute atomic E-state index is 0.126. The van der Waals surface area contributed by atoms with Gasteiger partial charge >= 0.3 is 0 Å². The van der Waals surface area contributed by atoms with E-state index in [1.54, 1.807) is 51.7 Å². The topological polar surface area (TPSA) is 44.8 Å². The van der Waals surface area contributed by atoms with Crippen molar-refractivity contribution in [1.82, 2.24) is 0 Å². The predicted molar refractivity (Wildman–Crippen MR) is 85.9 cm³/mol. The maximum Gasteiger partial charge on any atom is 0.189 e. The van der Waals surface area contributed by atoms with Crippen molar-refractivity contribution in [2.24, 2.45) is 0 Å². The van der Waals surface area contributed by atoms with Gasteiger partial charge in [0.05, 0.1) is 26.9 Å². The highest BCUT2D eigenvalue weighted by molar-refractivity contribution is 6.08. The zero-order chi connectivity index (χ0) is 15.9. The summed E-state index contributed by atoms with van der Waals surface area (Å²) in [5, 5.41) is 0. The standard InChI is InChI=1S/C18H18O4/c1-20-14-10-13(11-15(12-14)21-2)8-9-17(19)16-6-4-5-7-18(16)22-3/h4-12H,1-3H3/b9-8+. The molecule has 0 saturated heterocycles. The highest BCUT2D eigenvalue weighted by Gasteiger charge is 2.08. The van der Waals surface area contributed by atoms with Crippen LogP contribution in [0.5, 0.6) is 17.2 Å². The fraction of sp³-hybridized carbons (Fsp3) is 0.167. The highest BCUT2D eigenvalue weighted by atomic mass is 16.5. The van der Waals surface area contributed by atoms with Crippen LogP contribution in [0.2, 0.25) is 0 Å². The Kier molecular flexibility index (Phi) is 5.20. The van der Waals surface area contributed by atoms with Crippen molar-refractivity contribution >= 4 is 11.9 Å². The Labute approximate surface area is 129 Å². The lowest BCUT2D eigenvalue weighted by Gasteiger charge is -2.06. The first-order chi connectivity index (χ1) is 10.7. The molecule has 0 amide bonds. The van der Waals surface area contributed by atoms with Crippen molar-refractivity contribution in [1.29, 1.82) is 0 Å². The number of ketones is 1. The minimum Gasteiger partial charge on any atom is -0.497 e. The lowest BCUT2D eigenvalue weighted by molar-refractivity contribution is 0.104. The first-order valence-electron chi connectivity index (χ1n) is 6.76. The summed E-state index contributed by atoms with van der Waals surface area (Å²) in [6.45, 7) is 0. The number of hydrogen-bond acceptors (Lipinski definition) is 4. The van der Waals surface area contributed by atoms with E-state index in [2.05, 4.69) is 0 Å². The third-order valence-electron chi connectivity index (χ3n) is 3.17. The fourth-order valence-corrected chi connectivity index (χ4v) is 2.04. The van der Waals surface area contributed by atoms with Gasteiger partial charge in [-0.05, 0) is 35.9 Å². The van der Waals surface area contributed by atoms with Crippen LogP contribution >= 0.6 is 0 Å². The Balaban J connectivity index is 2.26. The normalized spacial score (nSPS) is 10.5. The van der Waals surface area contributed by atoms with Crippen LogP contribution < -0.4 is 14.2 Å². The predicted octanol–water partition coefficient (Wildman–Crippen LogP) is 3.61. The van der Waals surface area contributed by atoms with Gasteiger partial charge in [0.25, 0.3) is 0 Å². The average molecular weight is 298 g/mol. The maximum absolute atomic E-state index is 12.3. The third-order valence-corrected chi connectivity index (χ3v) is 3.17. The van der Waals surface area contributed by atoms with Crippen LogP contribution in [0.3, 0.4) is 0 Å². The van der Waals surface area contributed by atoms with Crippen molar-refractivity contribution in [2.45, 2.75) is 0 Å². The molecule has 0 saturated carbocycles. The molecule has 0 radical (unpaired) electrons. The molecule has 0 fully saturated rings. The molecule has 0 aromatic heterocycles. The summed E-state index contributed by atoms with van der Waals surface area (Å²) < 4.78 is 15.6. The van der Waals surface area contributed by atoms with Gasteiger partial charge in [0.2, 0.25) is 0 Å². The van der Waals surface area contributed by atoms with Gasteiger partial charge in [0.15, 0.2) is 5.78 Å². The van der Waals surface area contributed by atoms with Crippen LogP contribution in [0.15, 0.2) is 48.5 Å². The molecule has 0 heterocycles. The van der Waals surface area contributed by atoms with Gasteiger partial charge in [-0.15, -0.1) is 0 Å². The number of carbonyl (C=O) groups is 1. The number of para-hydroxylation sites is 1. The van der Waals surface area contributed by atoms with E-state index in [0.29, 0.717) is 22.8 Å². The maximum atomic E-state index is 12.3. The van der Waals surface area contributed by atoms with Crippen LogP contribution in [0, 0.1) is 0 Å². The lowest BCUT2D eigenvalue weighted by Crippen LogP contribution is -1.98. The van der Waals surface area contributed by atoms with Gasteiger partial charge in [0, 0.05) is 6.07 Å². The average Bonchev–Trinajstić information content (AvgIpc) is 2.59. The van der Waals surface area contributed by atoms with Gasteiger partial charge < -0.3 is 14.2 Å². The Morgan fingerprint density at radius 3 is 2.14 bits per heavy atom. The molecule has 0 unspecified atom stereocenters. The van der Waals surface area contributed by atoms with Gasteiger partial charge in [0.1, 0.15) is 17.2 Å². The van der Waals surface area contributed by atoms with E-state index in [1.165, 1.54) is 6.08 Å². The van der Waals surface area contributed by atoms with Gasteiger partial charge in [-0.3, -0.25) is 4.79 Å². The smallest absolute Gasteiger partial charge is 0.189 e. The van der Waals surface area contributed by atoms with E-state index >= 15 is 0 Å². The summed E-state index contributed by atoms with van der Waals surface area (Å²) >= 11 is 0. The summed E-state index contributed by atoms with van der Waals surface area (Å²) in [7, 11) is 4.72. The van der Waals surface area contributed by atoms with E-state index in [-0.39, 0.29) is 5.78 Å². The monoisotopic (exact) mass is 298 g/mol. The first kappa shape index (κ1) is 15.6. The summed E-state index contributed by atoms with van der Waals surface area (Å²) in [4.78, 5) is 12.3. The molecule has 22 heavy (non-hydrogen) atoms. The Hall–Kier alpha value is -2.75. The molecular formula is C18H18O4. The molecule has 0 N–H and O–H groups in total. The van der Waals surface area contributed by atoms with E-state index in [0.717, 1.165) is 5.56 Å². The zero-order valence-corrected chi connectivity index (χ0v) is 12.8. The van der Waals surface area contributed by atoms with Crippen LogP contribution in [0.25, 0.3) is 6.08 Å². The molecule has 4 heteroatoms. The number of carbonyl (C=O) groups excluding carboxylic acids is 1. The zero-order valence-electron chi connectivity index (χ0n) is 12.8. The van der Waals surface area contributed by atoms with Gasteiger partial charge in [-0.2, -0.15) is 0 Å². The Bertz CT molecular complexity index is 667. The molecule has 4 nitrogen and oxygen atoms in total. The second-order valence-corrected chi connectivity index (χ2v) is 4.54. The second-order valence-electron chi connectivity index (χ2n) is 4.54. The Morgan fingerprint density at radius 2 is 1.55 bits per heavy atom. The molecule has 2 aromatic carbocycles. The van der Waals surface area contributed by atoms with Crippen LogP contribution in [-0.4, -0.2) is 27.1 Å². The number of ether oxygens (including phenoxy) is 3. The van der Waals surface area contributed by atoms with Crippen molar-refractivity contribution in [2.75, 3.05) is 21.3 Å². The first-order valence-corrected chi connectivity index (χ1v) is 6.76. The largest absolute Gasteiger partial charge is 0.497 e. The summed E-state index contributed by atoms with van der Waals surface area (Å²) in [5.41, 5.74) is 1.34. The number of rotatable bonds is 6. The van der Waals surface area contributed by atoms with E-state index in [9.17, 15) is 4.79 Å². The Morgan fingerprint density at radius 1 is 0.909 bits per heavy atom. The summed E-state index contributed by atoms with van der Waals surface area (Å²) in [6, 6.07) is 12.6. The van der Waals surface area contributed by atoms with Crippen molar-refractivity contribution in [3.8, 4) is 17.2 Å². The van der Waals surface area contributed by atoms with Crippen molar-refractivity contribution in [3.05, 3.63) is 59.7 Å². The molecule has 2 aromatic rings. The molecule has 114 valence electrons. The quantitative estimate of drug-likeness (QED) is 0.603. The van der Waals surface area contributed by atoms with E-state index in [4.69, 9.17) is 14.2 Å². The fourth-order valence-electron chi connectivity index (χ4n) is 2.04. The second kappa shape index (κ2) is 7.31. The molecule has 0 aliphatic heterocycles. The molecular weight excluding hydrogens is 280 g/mol. The number of methoxy groups -OCH3 is 3. The molecule has 0 atom stereocenters. The van der Waals surface area contributed by atoms with E-state index < -0.39 is 0 Å². The van der Waals surface area contributed by atoms with Crippen LogP contribution in [0.4, 0.5) is 0 Å². The molecule has 0 aliphatic rings. The molecule has 2 rings (SSSR count). The van der Waals surface area contributed by atoms with E-state index in [1.807, 2.05) is 18.2 Å². The number of hydrogen-bond donors (Lipinski definition) is 0. The van der Waals surface area contributed by atoms with Gasteiger partial charge in [-0.25, -0.2) is 0 Å². The SMILES string of the molecule is COc1cc(/C=C/C(=O)c2ccccc2OC)cc(OC)c1. The molecule has 0 bridgehead atoms. The summed E-state index contributed by atoms with van der Waals surface area (Å²) in [6.07, 6.45) is 3.23. The summed E-state index contributed by atoms with van der Waals surface area (Å²) in [5.74, 6) is 1.77. The lowest BCUT2D eigenvalue weighted by atomic mass is 10.1. The number of benzene rings is 2. The van der Waals surface area contributed by atoms with Crippen LogP contribution in [-0.2, 0) is 0 Å². The van der Waals surface area contributed by atoms with Crippen molar-refractivity contribution in [3.63, 3.8) is 0 Å². The van der Waals surface area contributed by atoms with Gasteiger partial charge in [-0.1, -0.05) is 18.2 Å². The molecule has 0 spiro atoms. The number of allylic oxidation sites excluding steroid dienone is 1. The highest BCUT2D eigenvalue weighted by Crippen LogP contribution is 2.24. The molecule has 0 aliphatic carbocycles. The minimum atomic E-state index is -0.126. The van der Waals surface area contributed by atoms with Crippen molar-refractivity contribution < 1.29 is 19.0 Å². The third kappa shape index (κ3) is 3.67. The van der Waals surface area contributed by atoms with Crippen LogP contribution in [0.1, 0.15) is 15.9 Å².